The fourth-order valence-corrected chi connectivity index (χ4v) is 5.86. The normalized spacial score (nSPS) is 21.9. The number of amides is 2. The van der Waals surface area contributed by atoms with E-state index in [2.05, 4.69) is 25.3 Å². The number of carbonyl (C=O) groups is 2. The van der Waals surface area contributed by atoms with Crippen molar-refractivity contribution >= 4 is 35.1 Å². The summed E-state index contributed by atoms with van der Waals surface area (Å²) in [5, 5.41) is 12.0. The summed E-state index contributed by atoms with van der Waals surface area (Å²) in [7, 11) is 0. The first-order valence-electron chi connectivity index (χ1n) is 13.7. The van der Waals surface area contributed by atoms with E-state index in [0.717, 1.165) is 51.0 Å². The second kappa shape index (κ2) is 11.1. The van der Waals surface area contributed by atoms with Crippen molar-refractivity contribution < 1.29 is 19.1 Å². The summed E-state index contributed by atoms with van der Waals surface area (Å²) in [6, 6.07) is 8.71. The average molecular weight is 567 g/mol. The lowest BCUT2D eigenvalue weighted by molar-refractivity contribution is 0.0265. The van der Waals surface area contributed by atoms with Gasteiger partial charge >= 0.3 is 6.09 Å². The van der Waals surface area contributed by atoms with Crippen LogP contribution in [-0.2, 0) is 4.74 Å². The molecule has 3 aliphatic rings. The van der Waals surface area contributed by atoms with E-state index in [1.54, 1.807) is 29.2 Å². The van der Waals surface area contributed by atoms with Crippen molar-refractivity contribution in [3.05, 3.63) is 52.5 Å². The summed E-state index contributed by atoms with van der Waals surface area (Å²) in [4.78, 5) is 32.5. The number of hydrogen-bond donors (Lipinski definition) is 1. The molecular weight excluding hydrogens is 532 g/mol. The van der Waals surface area contributed by atoms with Crippen LogP contribution in [0.4, 0.5) is 16.3 Å². The van der Waals surface area contributed by atoms with E-state index in [0.29, 0.717) is 35.2 Å². The molecule has 10 nitrogen and oxygen atoms in total. The van der Waals surface area contributed by atoms with E-state index in [4.69, 9.17) is 27.6 Å². The van der Waals surface area contributed by atoms with Crippen molar-refractivity contribution in [2.45, 2.75) is 70.6 Å². The Morgan fingerprint density at radius 1 is 1.10 bits per heavy atom. The van der Waals surface area contributed by atoms with Gasteiger partial charge in [-0.05, 0) is 77.1 Å². The number of nitrogens with zero attached hydrogens (tertiary/aromatic N) is 5. The molecule has 40 heavy (non-hydrogen) atoms. The maximum Gasteiger partial charge on any atom is 0.410 e. The van der Waals surface area contributed by atoms with E-state index >= 15 is 0 Å². The van der Waals surface area contributed by atoms with Crippen molar-refractivity contribution in [1.29, 1.82) is 0 Å². The Balaban J connectivity index is 1.06. The molecule has 2 aliphatic heterocycles. The predicted molar refractivity (Wildman–Crippen MR) is 151 cm³/mol. The topological polar surface area (TPSA) is 101 Å². The van der Waals surface area contributed by atoms with Gasteiger partial charge in [-0.2, -0.15) is 0 Å². The van der Waals surface area contributed by atoms with Gasteiger partial charge < -0.3 is 24.6 Å². The smallest absolute Gasteiger partial charge is 0.410 e. The minimum Gasteiger partial charge on any atom is -0.490 e. The highest BCUT2D eigenvalue weighted by Crippen LogP contribution is 2.41. The second-order valence-corrected chi connectivity index (χ2v) is 12.5. The van der Waals surface area contributed by atoms with Crippen molar-refractivity contribution in [2.75, 3.05) is 31.1 Å². The van der Waals surface area contributed by atoms with Crippen LogP contribution in [0.15, 0.2) is 30.3 Å². The Kier molecular flexibility index (Phi) is 7.78. The van der Waals surface area contributed by atoms with Crippen LogP contribution in [0.3, 0.4) is 0 Å². The zero-order valence-electron chi connectivity index (χ0n) is 23.2. The third-order valence-corrected chi connectivity index (χ3v) is 8.00. The fraction of sp³-hybridized carbons (Fsp3) is 0.552. The number of aromatic nitrogens is 2. The van der Waals surface area contributed by atoms with Gasteiger partial charge in [-0.3, -0.25) is 4.79 Å². The molecule has 1 saturated carbocycles. The van der Waals surface area contributed by atoms with Gasteiger partial charge in [0.2, 0.25) is 5.69 Å². The molecular formula is C29H35ClN6O4. The molecule has 0 unspecified atom stereocenters. The van der Waals surface area contributed by atoms with Crippen molar-refractivity contribution in [3.8, 4) is 5.75 Å². The first-order valence-corrected chi connectivity index (χ1v) is 14.1. The van der Waals surface area contributed by atoms with E-state index in [1.807, 2.05) is 26.8 Å². The largest absolute Gasteiger partial charge is 0.490 e. The molecule has 0 radical (unpaired) electrons. The van der Waals surface area contributed by atoms with Crippen LogP contribution in [0.2, 0.25) is 5.02 Å². The monoisotopic (exact) mass is 566 g/mol. The summed E-state index contributed by atoms with van der Waals surface area (Å²) in [6.07, 6.45) is 3.93. The zero-order valence-corrected chi connectivity index (χ0v) is 23.9. The number of benzene rings is 1. The standard InChI is InChI=1S/C29H35ClN6O4/c1-28(2,3)40-27(38)35-14-13-29(16-35)17-36(18-29)25-12-11-24(33-34-25)26(37)32-19-5-7-20(8-6-19)39-21-9-10-23(31-4)22(30)15-21/h9-12,15,19-20H,5-8,13-14,16-18H2,1-3H3,(H,32,37). The van der Waals surface area contributed by atoms with Crippen molar-refractivity contribution in [2.24, 2.45) is 5.41 Å². The summed E-state index contributed by atoms with van der Waals surface area (Å²) < 4.78 is 11.6. The quantitative estimate of drug-likeness (QED) is 0.493. The van der Waals surface area contributed by atoms with Crippen LogP contribution in [0.25, 0.3) is 4.85 Å². The number of likely N-dealkylation sites (tertiary alicyclic amines) is 1. The van der Waals surface area contributed by atoms with E-state index in [9.17, 15) is 9.59 Å². The van der Waals surface area contributed by atoms with Crippen molar-refractivity contribution in [1.82, 2.24) is 20.4 Å². The number of carbonyl (C=O) groups excluding carboxylic acids is 2. The maximum absolute atomic E-state index is 12.8. The number of anilines is 1. The molecule has 1 N–H and O–H groups in total. The van der Waals surface area contributed by atoms with Gasteiger partial charge in [-0.1, -0.05) is 17.7 Å². The number of halogens is 1. The number of nitrogens with one attached hydrogen (secondary N) is 1. The highest BCUT2D eigenvalue weighted by Gasteiger charge is 2.49. The van der Waals surface area contributed by atoms with E-state index in [-0.39, 0.29) is 29.6 Å². The second-order valence-electron chi connectivity index (χ2n) is 12.1. The molecule has 2 amide bonds. The molecule has 1 aliphatic carbocycles. The molecule has 2 aromatic rings. The van der Waals surface area contributed by atoms with Crippen molar-refractivity contribution in [3.63, 3.8) is 0 Å². The Hall–Kier alpha value is -3.58. The number of rotatable bonds is 5. The Morgan fingerprint density at radius 2 is 1.85 bits per heavy atom. The third-order valence-electron chi connectivity index (χ3n) is 7.70. The van der Waals surface area contributed by atoms with Gasteiger partial charge in [0.05, 0.1) is 17.7 Å². The van der Waals surface area contributed by atoms with Crippen LogP contribution in [-0.4, -0.2) is 71.0 Å². The molecule has 11 heteroatoms. The van der Waals surface area contributed by atoms with Gasteiger partial charge in [-0.15, -0.1) is 10.2 Å². The van der Waals surface area contributed by atoms with Crippen LogP contribution < -0.4 is 15.0 Å². The molecule has 212 valence electrons. The van der Waals surface area contributed by atoms with Crippen LogP contribution >= 0.6 is 11.6 Å². The first kappa shape index (κ1) is 28.0. The Morgan fingerprint density at radius 3 is 2.48 bits per heavy atom. The lowest BCUT2D eigenvalue weighted by Gasteiger charge is -2.48. The molecule has 0 bridgehead atoms. The Labute approximate surface area is 239 Å². The number of ether oxygens (including phenoxy) is 2. The van der Waals surface area contributed by atoms with Gasteiger partial charge in [-0.25, -0.2) is 9.64 Å². The molecule has 1 spiro atoms. The maximum atomic E-state index is 12.8. The van der Waals surface area contributed by atoms with Crippen LogP contribution in [0, 0.1) is 12.0 Å². The molecule has 5 rings (SSSR count). The van der Waals surface area contributed by atoms with E-state index < -0.39 is 5.60 Å². The minimum absolute atomic E-state index is 0.0398. The van der Waals surface area contributed by atoms with Gasteiger partial charge in [0, 0.05) is 37.6 Å². The molecule has 1 aromatic carbocycles. The van der Waals surface area contributed by atoms with Gasteiger partial charge in [0.25, 0.3) is 5.91 Å². The van der Waals surface area contributed by atoms with Crippen LogP contribution in [0.1, 0.15) is 63.4 Å². The van der Waals surface area contributed by atoms with Gasteiger partial charge in [0.15, 0.2) is 11.5 Å². The highest BCUT2D eigenvalue weighted by molar-refractivity contribution is 6.33. The highest BCUT2D eigenvalue weighted by atomic mass is 35.5. The van der Waals surface area contributed by atoms with Crippen LogP contribution in [0.5, 0.6) is 5.75 Å². The average Bonchev–Trinajstić information content (AvgIpc) is 3.35. The fourth-order valence-electron chi connectivity index (χ4n) is 5.64. The minimum atomic E-state index is -0.501. The lowest BCUT2D eigenvalue weighted by atomic mass is 9.79. The summed E-state index contributed by atoms with van der Waals surface area (Å²) in [5.41, 5.74) is 0.263. The molecule has 3 heterocycles. The summed E-state index contributed by atoms with van der Waals surface area (Å²) >= 11 is 6.11. The first-order chi connectivity index (χ1) is 19.0. The molecule has 2 saturated heterocycles. The van der Waals surface area contributed by atoms with E-state index in [1.165, 1.54) is 0 Å². The zero-order chi connectivity index (χ0) is 28.5. The lowest BCUT2D eigenvalue weighted by Crippen LogP contribution is -2.58. The Bertz CT molecular complexity index is 1290. The summed E-state index contributed by atoms with van der Waals surface area (Å²) in [5.74, 6) is 1.16. The SMILES string of the molecule is [C-]#[N+]c1ccc(OC2CCC(NC(=O)c3ccc(N4CC5(CCN(C(=O)OC(C)(C)C)C5)C4)nn3)CC2)cc1Cl. The summed E-state index contributed by atoms with van der Waals surface area (Å²) in [6.45, 7) is 15.7. The third kappa shape index (κ3) is 6.41. The predicted octanol–water partition coefficient (Wildman–Crippen LogP) is 5.25. The molecule has 3 fully saturated rings. The molecule has 1 aromatic heterocycles. The molecule has 0 atom stereocenters. The van der Waals surface area contributed by atoms with Gasteiger partial charge in [0.1, 0.15) is 11.4 Å². The number of hydrogen-bond acceptors (Lipinski definition) is 7.